The number of thiophene rings is 3. The second-order valence-electron chi connectivity index (χ2n) is 34.7. The van der Waals surface area contributed by atoms with Gasteiger partial charge in [-0.05, 0) is 249 Å². The molecule has 25 aromatic rings. The van der Waals surface area contributed by atoms with E-state index in [1.54, 1.807) is 0 Å². The molecule has 0 unspecified atom stereocenters. The van der Waals surface area contributed by atoms with E-state index in [0.717, 1.165) is 67.2 Å². The number of rotatable bonds is 14. The fourth-order valence-electron chi connectivity index (χ4n) is 21.7. The minimum atomic E-state index is -0.471. The molecule has 0 N–H and O–H groups in total. The molecule has 21 aromatic carbocycles. The van der Waals surface area contributed by atoms with Gasteiger partial charge in [0.15, 0.2) is 0 Å². The van der Waals surface area contributed by atoms with Crippen molar-refractivity contribution in [2.24, 2.45) is 0 Å². The Morgan fingerprint density at radius 3 is 0.992 bits per heavy atom. The smallest absolute Gasteiger partial charge is 0.135 e. The summed E-state index contributed by atoms with van der Waals surface area (Å²) < 4.78 is 14.1. The zero-order valence-corrected chi connectivity index (χ0v) is 74.2. The molecule has 2 aliphatic rings. The molecule has 2 aliphatic carbocycles. The van der Waals surface area contributed by atoms with Crippen LogP contribution in [0.15, 0.2) is 490 Å². The predicted octanol–water partition coefficient (Wildman–Crippen LogP) is 35.9. The van der Waals surface area contributed by atoms with Crippen molar-refractivity contribution in [3.63, 3.8) is 0 Å². The van der Waals surface area contributed by atoms with Crippen molar-refractivity contribution in [1.82, 2.24) is 0 Å². The number of hydrogen-bond donors (Lipinski definition) is 0. The highest BCUT2D eigenvalue weighted by Gasteiger charge is 2.48. The molecule has 0 atom stereocenters. The Kier molecular flexibility index (Phi) is 18.4. The lowest BCUT2D eigenvalue weighted by atomic mass is 9.68. The number of anilines is 6. The lowest BCUT2D eigenvalue weighted by Crippen LogP contribution is -2.28. The van der Waals surface area contributed by atoms with E-state index in [4.69, 9.17) is 4.42 Å². The number of nitrogens with zero attached hydrogens (tertiary/aromatic N) is 2. The van der Waals surface area contributed by atoms with Crippen LogP contribution in [-0.4, -0.2) is 0 Å². The summed E-state index contributed by atoms with van der Waals surface area (Å²) in [6, 6.07) is 179. The van der Waals surface area contributed by atoms with Gasteiger partial charge in [-0.1, -0.05) is 358 Å². The van der Waals surface area contributed by atoms with Crippen molar-refractivity contribution >= 4 is 161 Å². The quantitative estimate of drug-likeness (QED) is 0.108. The van der Waals surface area contributed by atoms with Crippen LogP contribution in [0.25, 0.3) is 160 Å². The topological polar surface area (TPSA) is 19.6 Å². The van der Waals surface area contributed by atoms with Gasteiger partial charge in [-0.25, -0.2) is 0 Å². The van der Waals surface area contributed by atoms with Gasteiger partial charge in [-0.15, -0.1) is 34.0 Å². The van der Waals surface area contributed by atoms with Gasteiger partial charge in [0.2, 0.25) is 0 Å². The van der Waals surface area contributed by atoms with Crippen LogP contribution >= 0.6 is 34.0 Å². The lowest BCUT2D eigenvalue weighted by molar-refractivity contribution is 0.669. The van der Waals surface area contributed by atoms with Gasteiger partial charge in [-0.2, -0.15) is 0 Å². The van der Waals surface area contributed by atoms with Crippen LogP contribution in [0.1, 0.15) is 44.5 Å². The summed E-state index contributed by atoms with van der Waals surface area (Å²) in [5, 5.41) is 12.6. The van der Waals surface area contributed by atoms with E-state index in [9.17, 15) is 0 Å². The zero-order chi connectivity index (χ0) is 87.0. The second kappa shape index (κ2) is 31.4. The van der Waals surface area contributed by atoms with Gasteiger partial charge in [0.05, 0.1) is 10.8 Å². The molecule has 0 saturated heterocycles. The summed E-state index contributed by atoms with van der Waals surface area (Å²) in [6.45, 7) is 0. The predicted molar refractivity (Wildman–Crippen MR) is 562 cm³/mol. The van der Waals surface area contributed by atoms with Crippen molar-refractivity contribution in [2.75, 3.05) is 9.80 Å². The highest BCUT2D eigenvalue weighted by Crippen LogP contribution is 2.59. The first kappa shape index (κ1) is 77.1. The Labute approximate surface area is 776 Å². The first-order chi connectivity index (χ1) is 65.4. The van der Waals surface area contributed by atoms with E-state index in [0.29, 0.717) is 0 Å². The van der Waals surface area contributed by atoms with Gasteiger partial charge < -0.3 is 14.2 Å². The summed E-state index contributed by atoms with van der Waals surface area (Å²) in [6.07, 6.45) is 0. The molecule has 6 heteroatoms. The average Bonchev–Trinajstić information content (AvgIpc) is 1.54. The third kappa shape index (κ3) is 12.4. The Hall–Kier alpha value is -16.1. The maximum absolute atomic E-state index is 6.18. The number of furan rings is 1. The molecule has 4 aromatic heterocycles. The number of fused-ring (bicyclic) bond motifs is 19. The van der Waals surface area contributed by atoms with Crippen molar-refractivity contribution in [1.29, 1.82) is 0 Å². The van der Waals surface area contributed by atoms with E-state index in [1.165, 1.54) is 171 Å². The van der Waals surface area contributed by atoms with Crippen LogP contribution in [0.2, 0.25) is 0 Å². The summed E-state index contributed by atoms with van der Waals surface area (Å²) >= 11 is 5.62. The third-order valence-electron chi connectivity index (χ3n) is 27.7. The van der Waals surface area contributed by atoms with Gasteiger partial charge in [0, 0.05) is 105 Å². The van der Waals surface area contributed by atoms with Crippen LogP contribution in [-0.2, 0) is 10.8 Å². The lowest BCUT2D eigenvalue weighted by Gasteiger charge is -2.34. The summed E-state index contributed by atoms with van der Waals surface area (Å²) in [5.41, 5.74) is 32.6. The SMILES string of the molecule is c1ccc(C2(c3ccc(N(c4ccc(-c5ccc6oc7ccccc7c6c5)cc4)c4ccc5cc(-c6cccc7c6sc6ccccc67)ccc5c4)cc3)c3ccccc3-c3ccccc32)cc1.c1ccc(C2(c3ccc(N(c4ccc(-c5ccc6sc7ccccc7c6c5)cc4)c4ccc(-c5cccc6c5sc5ccccc56)cc4)cc3)c3ccccc3-c3ccccc32)cc1. The van der Waals surface area contributed by atoms with Gasteiger partial charge in [0.1, 0.15) is 11.2 Å². The third-order valence-corrected chi connectivity index (χ3v) is 31.3. The first-order valence-electron chi connectivity index (χ1n) is 45.2. The van der Waals surface area contributed by atoms with Crippen molar-refractivity contribution in [3.8, 4) is 66.8 Å². The standard InChI is InChI=1S/C65H41NOS.C61H39NS2/c1-2-13-47(14-3-1)65(59-21-8-4-15-53(59)54-16-5-9-22-60(54)65)48-31-36-50(37-32-48)66(49-33-27-42(28-34-49)45-30-38-62-58(41-45)55-17-6-10-23-61(55)67-62)51-35-29-43-39-46(26-25-44(43)40-51)52-19-12-20-57-56-18-7-11-24-63(56)68-64(52)57;1-2-13-43(14-3-1)61(55-21-8-4-15-49(55)50-16-5-9-22-56(50)61)44-30-36-47(37-31-44)62(45-32-25-40(26-33-45)42-29-38-59-54(39-42)52-18-7-10-23-57(52)63-59)46-34-27-41(28-35-46)48-19-12-20-53-51-17-6-11-24-58(51)64-60(48)53/h1-41H;1-39H. The van der Waals surface area contributed by atoms with E-state index in [1.807, 2.05) is 46.1 Å². The van der Waals surface area contributed by atoms with E-state index in [-0.39, 0.29) is 0 Å². The molecule has 3 nitrogen and oxygen atoms in total. The molecule has 27 rings (SSSR count). The second-order valence-corrected chi connectivity index (χ2v) is 37.9. The minimum absolute atomic E-state index is 0.455. The van der Waals surface area contributed by atoms with Crippen LogP contribution in [0.4, 0.5) is 34.1 Å². The molecule has 0 amide bonds. The molecule has 132 heavy (non-hydrogen) atoms. The summed E-state index contributed by atoms with van der Waals surface area (Å²) in [4.78, 5) is 4.80. The number of benzene rings is 21. The van der Waals surface area contributed by atoms with Gasteiger partial charge in [0.25, 0.3) is 0 Å². The monoisotopic (exact) mass is 1730 g/mol. The molecule has 4 heterocycles. The summed E-state index contributed by atoms with van der Waals surface area (Å²) in [7, 11) is 0. The molecule has 0 spiro atoms. The van der Waals surface area contributed by atoms with Crippen LogP contribution in [0.3, 0.4) is 0 Å². The Balaban J connectivity index is 0.000000139. The Bertz CT molecular complexity index is 8740. The molecule has 0 saturated carbocycles. The van der Waals surface area contributed by atoms with E-state index < -0.39 is 10.8 Å². The maximum atomic E-state index is 6.18. The molecule has 0 radical (unpaired) electrons. The average molecular weight is 1730 g/mol. The highest BCUT2D eigenvalue weighted by molar-refractivity contribution is 7.27. The minimum Gasteiger partial charge on any atom is -0.456 e. The zero-order valence-electron chi connectivity index (χ0n) is 71.7. The maximum Gasteiger partial charge on any atom is 0.135 e. The molecular formula is C126H80N2OS3. The molecule has 0 aliphatic heterocycles. The largest absolute Gasteiger partial charge is 0.456 e. The first-order valence-corrected chi connectivity index (χ1v) is 47.7. The Morgan fingerprint density at radius 1 is 0.174 bits per heavy atom. The van der Waals surface area contributed by atoms with E-state index >= 15 is 0 Å². The van der Waals surface area contributed by atoms with Crippen molar-refractivity contribution < 1.29 is 4.42 Å². The number of para-hydroxylation sites is 1. The number of hydrogen-bond acceptors (Lipinski definition) is 6. The van der Waals surface area contributed by atoms with Crippen molar-refractivity contribution in [2.45, 2.75) is 10.8 Å². The van der Waals surface area contributed by atoms with Crippen LogP contribution < -0.4 is 9.80 Å². The Morgan fingerprint density at radius 2 is 0.492 bits per heavy atom. The normalized spacial score (nSPS) is 12.8. The summed E-state index contributed by atoms with van der Waals surface area (Å²) in [5.74, 6) is 0. The molecule has 618 valence electrons. The highest BCUT2D eigenvalue weighted by atomic mass is 32.1. The van der Waals surface area contributed by atoms with E-state index in [2.05, 4.69) is 483 Å². The van der Waals surface area contributed by atoms with Gasteiger partial charge in [-0.3, -0.25) is 0 Å². The van der Waals surface area contributed by atoms with Crippen LogP contribution in [0, 0.1) is 0 Å². The fourth-order valence-corrected chi connectivity index (χ4v) is 25.3. The van der Waals surface area contributed by atoms with Crippen molar-refractivity contribution in [3.05, 3.63) is 530 Å². The molecular weight excluding hydrogens is 1650 g/mol. The van der Waals surface area contributed by atoms with Crippen LogP contribution in [0.5, 0.6) is 0 Å². The fraction of sp³-hybridized carbons (Fsp3) is 0.0159. The van der Waals surface area contributed by atoms with Gasteiger partial charge >= 0.3 is 0 Å². The molecule has 0 bridgehead atoms. The molecule has 0 fully saturated rings.